The summed E-state index contributed by atoms with van der Waals surface area (Å²) in [4.78, 5) is 12.9. The monoisotopic (exact) mass is 836 g/mol. The molecule has 0 atom stereocenters. The lowest BCUT2D eigenvalue weighted by molar-refractivity contribution is 0.258. The van der Waals surface area contributed by atoms with Gasteiger partial charge in [0.1, 0.15) is 0 Å². The van der Waals surface area contributed by atoms with Gasteiger partial charge in [0.2, 0.25) is 0 Å². The second-order valence-electron chi connectivity index (χ2n) is 19.3. The van der Waals surface area contributed by atoms with Crippen LogP contribution >= 0.6 is 0 Å². The summed E-state index contributed by atoms with van der Waals surface area (Å²) in [7, 11) is 0. The maximum atomic E-state index is 12.9. The summed E-state index contributed by atoms with van der Waals surface area (Å²) in [5.74, 6) is 0. The Labute approximate surface area is 377 Å². The van der Waals surface area contributed by atoms with Gasteiger partial charge in [-0.15, -0.1) is 0 Å². The van der Waals surface area contributed by atoms with Gasteiger partial charge in [-0.2, -0.15) is 0 Å². The molecule has 1 rings (SSSR count). The zero-order valence-electron chi connectivity index (χ0n) is 41.7. The Morgan fingerprint density at radius 2 is 0.450 bits per heavy atom. The summed E-state index contributed by atoms with van der Waals surface area (Å²) in [6.07, 6.45) is 59.2. The molecule has 0 unspecified atom stereocenters. The average Bonchev–Trinajstić information content (AvgIpc) is 3.24. The molecule has 0 aliphatic rings. The van der Waals surface area contributed by atoms with E-state index in [2.05, 4.69) is 39.9 Å². The van der Waals surface area contributed by atoms with Gasteiger partial charge in [0.15, 0.2) is 0 Å². The first kappa shape index (κ1) is 56.5. The standard InChI is InChI=1S/C57H107N2O/c1-6-11-16-21-26-31-36-41-46-51-52(47-42-37-32-27-22-17-12-7-2)54(49-44-39-34-29-24-19-14-9-4)56(59-57(58)60)55(50-45-40-35-30-25-20-15-10-5)53(51)48-43-38-33-28-23-18-13-8-3/h58H,6-50H2,1-5H3,(H,59,60). The van der Waals surface area contributed by atoms with Crippen LogP contribution in [0.4, 0.5) is 10.5 Å². The first-order valence-electron chi connectivity index (χ1n) is 27.8. The van der Waals surface area contributed by atoms with Crippen LogP contribution in [0, 0.1) is 0 Å². The molecule has 0 spiro atoms. The number of unbranched alkanes of at least 4 members (excludes halogenated alkanes) is 35. The van der Waals surface area contributed by atoms with E-state index in [-0.39, 0.29) is 0 Å². The number of nitrogens with one attached hydrogen (secondary N) is 2. The molecule has 351 valence electrons. The SMILES string of the molecule is CCCCCCCCCCc1c(CCCCCCCCCC)c(CCCCCCCCCC)c(NC([NH])=O)c(CCCCCCCCCC)c1CCCCCCCCCC. The van der Waals surface area contributed by atoms with Gasteiger partial charge < -0.3 is 5.32 Å². The summed E-state index contributed by atoms with van der Waals surface area (Å²) >= 11 is 0. The number of rotatable bonds is 46. The summed E-state index contributed by atoms with van der Waals surface area (Å²) in [5, 5.41) is 3.29. The van der Waals surface area contributed by atoms with E-state index < -0.39 is 6.03 Å². The highest BCUT2D eigenvalue weighted by atomic mass is 16.2. The molecule has 2 N–H and O–H groups in total. The maximum Gasteiger partial charge on any atom is 0.337 e. The van der Waals surface area contributed by atoms with Crippen molar-refractivity contribution in [1.82, 2.24) is 5.73 Å². The van der Waals surface area contributed by atoms with E-state index in [4.69, 9.17) is 5.73 Å². The van der Waals surface area contributed by atoms with Crippen molar-refractivity contribution in [2.45, 2.75) is 324 Å². The van der Waals surface area contributed by atoms with E-state index >= 15 is 0 Å². The molecule has 3 heteroatoms. The summed E-state index contributed by atoms with van der Waals surface area (Å²) in [6, 6.07) is -0.615. The summed E-state index contributed by atoms with van der Waals surface area (Å²) in [6.45, 7) is 11.6. The Balaban J connectivity index is 3.60. The van der Waals surface area contributed by atoms with Crippen LogP contribution in [0.3, 0.4) is 0 Å². The lowest BCUT2D eigenvalue weighted by atomic mass is 9.80. The quantitative estimate of drug-likeness (QED) is 0.0654. The average molecular weight is 836 g/mol. The minimum Gasteiger partial charge on any atom is -0.306 e. The van der Waals surface area contributed by atoms with E-state index in [0.717, 1.165) is 31.4 Å². The summed E-state index contributed by atoms with van der Waals surface area (Å²) in [5.41, 5.74) is 17.3. The van der Waals surface area contributed by atoms with Crippen molar-refractivity contribution in [3.63, 3.8) is 0 Å². The van der Waals surface area contributed by atoms with Crippen LogP contribution in [-0.2, 0) is 32.1 Å². The van der Waals surface area contributed by atoms with Gasteiger partial charge in [-0.1, -0.05) is 259 Å². The Bertz CT molecular complexity index is 1030. The van der Waals surface area contributed by atoms with Crippen LogP contribution in [0.5, 0.6) is 0 Å². The van der Waals surface area contributed by atoms with Crippen LogP contribution in [0.25, 0.3) is 0 Å². The molecule has 1 radical (unpaired) electrons. The fourth-order valence-corrected chi connectivity index (χ4v) is 9.93. The Morgan fingerprint density at radius 1 is 0.283 bits per heavy atom. The number of hydrogen-bond acceptors (Lipinski definition) is 1. The topological polar surface area (TPSA) is 52.9 Å². The van der Waals surface area contributed by atoms with Crippen LogP contribution in [0.1, 0.15) is 319 Å². The molecule has 2 amide bonds. The highest BCUT2D eigenvalue weighted by Crippen LogP contribution is 2.38. The molecular weight excluding hydrogens is 729 g/mol. The Hall–Kier alpha value is -1.51. The smallest absolute Gasteiger partial charge is 0.306 e. The molecule has 1 aromatic carbocycles. The van der Waals surface area contributed by atoms with Gasteiger partial charge >= 0.3 is 6.03 Å². The number of carbonyl (C=O) groups excluding carboxylic acids is 1. The van der Waals surface area contributed by atoms with Crippen LogP contribution in [0.2, 0.25) is 0 Å². The van der Waals surface area contributed by atoms with E-state index in [1.165, 1.54) is 274 Å². The lowest BCUT2D eigenvalue weighted by Crippen LogP contribution is -2.19. The minimum atomic E-state index is -0.615. The molecule has 0 aliphatic heterocycles. The first-order chi connectivity index (χ1) is 29.5. The molecule has 0 aromatic heterocycles. The van der Waals surface area contributed by atoms with Gasteiger partial charge in [0.05, 0.1) is 0 Å². The van der Waals surface area contributed by atoms with Crippen LogP contribution in [0.15, 0.2) is 0 Å². The van der Waals surface area contributed by atoms with Crippen molar-refractivity contribution in [3.05, 3.63) is 27.8 Å². The van der Waals surface area contributed by atoms with Gasteiger partial charge in [-0.3, -0.25) is 0 Å². The highest BCUT2D eigenvalue weighted by Gasteiger charge is 2.24. The molecule has 0 fully saturated rings. The van der Waals surface area contributed by atoms with Crippen molar-refractivity contribution < 1.29 is 4.79 Å². The van der Waals surface area contributed by atoms with Crippen LogP contribution < -0.4 is 11.1 Å². The number of urea groups is 1. The molecular formula is C57H107N2O. The fraction of sp³-hybridized carbons (Fsp3) is 0.877. The zero-order valence-corrected chi connectivity index (χ0v) is 41.7. The fourth-order valence-electron chi connectivity index (χ4n) is 9.93. The molecule has 3 nitrogen and oxygen atoms in total. The van der Waals surface area contributed by atoms with Gasteiger partial charge in [0.25, 0.3) is 0 Å². The van der Waals surface area contributed by atoms with Gasteiger partial charge in [-0.05, 0) is 92.0 Å². The lowest BCUT2D eigenvalue weighted by Gasteiger charge is -2.28. The Kier molecular flexibility index (Phi) is 40.3. The zero-order chi connectivity index (χ0) is 43.6. The van der Waals surface area contributed by atoms with Gasteiger partial charge in [-0.25, -0.2) is 10.5 Å². The van der Waals surface area contributed by atoms with E-state index in [9.17, 15) is 4.79 Å². The second-order valence-corrected chi connectivity index (χ2v) is 19.3. The molecule has 0 heterocycles. The third kappa shape index (κ3) is 29.7. The number of amides is 2. The van der Waals surface area contributed by atoms with Gasteiger partial charge in [0, 0.05) is 5.69 Å². The second kappa shape index (κ2) is 42.8. The molecule has 0 aliphatic carbocycles. The molecule has 0 bridgehead atoms. The molecule has 0 saturated heterocycles. The predicted molar refractivity (Wildman–Crippen MR) is 270 cm³/mol. The van der Waals surface area contributed by atoms with E-state index in [1.54, 1.807) is 16.7 Å². The van der Waals surface area contributed by atoms with E-state index in [1.807, 2.05) is 0 Å². The highest BCUT2D eigenvalue weighted by molar-refractivity contribution is 5.90. The number of hydrogen-bond donors (Lipinski definition) is 1. The van der Waals surface area contributed by atoms with Crippen LogP contribution in [-0.4, -0.2) is 6.03 Å². The number of benzene rings is 1. The third-order valence-electron chi connectivity index (χ3n) is 13.7. The first-order valence-corrected chi connectivity index (χ1v) is 27.8. The molecule has 0 saturated carbocycles. The minimum absolute atomic E-state index is 0.615. The van der Waals surface area contributed by atoms with Crippen molar-refractivity contribution >= 4 is 11.7 Å². The number of carbonyl (C=O) groups is 1. The normalized spacial score (nSPS) is 11.6. The Morgan fingerprint density at radius 3 is 0.650 bits per heavy atom. The largest absolute Gasteiger partial charge is 0.337 e. The van der Waals surface area contributed by atoms with E-state index in [0.29, 0.717) is 0 Å². The van der Waals surface area contributed by atoms with Crippen molar-refractivity contribution in [2.24, 2.45) is 0 Å². The molecule has 1 aromatic rings. The maximum absolute atomic E-state index is 12.9. The van der Waals surface area contributed by atoms with Crippen molar-refractivity contribution in [3.8, 4) is 0 Å². The third-order valence-corrected chi connectivity index (χ3v) is 13.7. The molecule has 60 heavy (non-hydrogen) atoms. The predicted octanol–water partition coefficient (Wildman–Crippen LogP) is 19.9. The number of anilines is 1. The van der Waals surface area contributed by atoms with Crippen molar-refractivity contribution in [1.29, 1.82) is 0 Å². The summed E-state index contributed by atoms with van der Waals surface area (Å²) < 4.78 is 0. The van der Waals surface area contributed by atoms with Crippen molar-refractivity contribution in [2.75, 3.05) is 5.32 Å².